The lowest BCUT2D eigenvalue weighted by Gasteiger charge is -2.08. The van der Waals surface area contributed by atoms with Gasteiger partial charge in [0.15, 0.2) is 0 Å². The number of halogens is 3. The van der Waals surface area contributed by atoms with E-state index in [0.29, 0.717) is 17.1 Å². The fraction of sp³-hybridized carbons (Fsp3) is 0.273. The minimum Gasteiger partial charge on any atom is -0.444 e. The highest BCUT2D eigenvalue weighted by atomic mass is 19.4. The molecule has 2 heterocycles. The molecule has 0 aliphatic heterocycles. The standard InChI is InChI=1S/C11H10F3N3O/c1-7-5-18-10(17-7)8-2-3-15-9(4-8)16-6-11(12,13)14/h2-5H,6H2,1H3,(H,15,16). The average molecular weight is 257 g/mol. The van der Waals surface area contributed by atoms with Crippen LogP contribution < -0.4 is 5.32 Å². The predicted octanol–water partition coefficient (Wildman–Crippen LogP) is 3.02. The highest BCUT2D eigenvalue weighted by Gasteiger charge is 2.26. The number of aromatic nitrogens is 2. The zero-order valence-corrected chi connectivity index (χ0v) is 9.45. The van der Waals surface area contributed by atoms with E-state index in [9.17, 15) is 13.2 Å². The van der Waals surface area contributed by atoms with Gasteiger partial charge in [0.05, 0.1) is 5.69 Å². The summed E-state index contributed by atoms with van der Waals surface area (Å²) in [6, 6.07) is 3.07. The average Bonchev–Trinajstić information content (AvgIpc) is 2.73. The number of nitrogens with one attached hydrogen (secondary N) is 1. The molecule has 0 unspecified atom stereocenters. The Balaban J connectivity index is 2.15. The van der Waals surface area contributed by atoms with Gasteiger partial charge in [-0.05, 0) is 19.1 Å². The third-order valence-corrected chi connectivity index (χ3v) is 2.10. The van der Waals surface area contributed by atoms with Crippen molar-refractivity contribution in [3.63, 3.8) is 0 Å². The number of hydrogen-bond donors (Lipinski definition) is 1. The molecular weight excluding hydrogens is 247 g/mol. The summed E-state index contributed by atoms with van der Waals surface area (Å²) in [4.78, 5) is 7.88. The third kappa shape index (κ3) is 3.22. The van der Waals surface area contributed by atoms with Crippen molar-refractivity contribution in [1.82, 2.24) is 9.97 Å². The van der Waals surface area contributed by atoms with Crippen LogP contribution in [0, 0.1) is 6.92 Å². The molecule has 7 heteroatoms. The summed E-state index contributed by atoms with van der Waals surface area (Å²) in [5.41, 5.74) is 1.27. The van der Waals surface area contributed by atoms with Crippen molar-refractivity contribution in [3.8, 4) is 11.5 Å². The lowest BCUT2D eigenvalue weighted by Crippen LogP contribution is -2.21. The molecule has 1 N–H and O–H groups in total. The van der Waals surface area contributed by atoms with Gasteiger partial charge in [0, 0.05) is 11.8 Å². The first-order valence-electron chi connectivity index (χ1n) is 5.13. The normalized spacial score (nSPS) is 11.6. The smallest absolute Gasteiger partial charge is 0.405 e. The Morgan fingerprint density at radius 3 is 2.78 bits per heavy atom. The number of alkyl halides is 3. The second-order valence-corrected chi connectivity index (χ2v) is 3.69. The lowest BCUT2D eigenvalue weighted by atomic mass is 10.2. The molecule has 0 saturated heterocycles. The van der Waals surface area contributed by atoms with Gasteiger partial charge in [-0.2, -0.15) is 13.2 Å². The molecule has 96 valence electrons. The van der Waals surface area contributed by atoms with Crippen molar-refractivity contribution >= 4 is 5.82 Å². The Morgan fingerprint density at radius 2 is 2.17 bits per heavy atom. The molecule has 18 heavy (non-hydrogen) atoms. The molecule has 4 nitrogen and oxygen atoms in total. The number of hydrogen-bond acceptors (Lipinski definition) is 4. The fourth-order valence-corrected chi connectivity index (χ4v) is 1.34. The molecule has 0 spiro atoms. The molecule has 0 fully saturated rings. The number of pyridine rings is 1. The monoisotopic (exact) mass is 257 g/mol. The van der Waals surface area contributed by atoms with E-state index in [1.807, 2.05) is 0 Å². The van der Waals surface area contributed by atoms with Crippen LogP contribution in [-0.2, 0) is 0 Å². The van der Waals surface area contributed by atoms with E-state index in [4.69, 9.17) is 4.42 Å². The number of rotatable bonds is 3. The van der Waals surface area contributed by atoms with Gasteiger partial charge in [0.25, 0.3) is 0 Å². The zero-order chi connectivity index (χ0) is 13.2. The lowest BCUT2D eigenvalue weighted by molar-refractivity contribution is -0.115. The van der Waals surface area contributed by atoms with E-state index < -0.39 is 12.7 Å². The highest BCUT2D eigenvalue weighted by molar-refractivity contribution is 5.58. The largest absolute Gasteiger partial charge is 0.444 e. The van der Waals surface area contributed by atoms with E-state index in [1.54, 1.807) is 13.0 Å². The van der Waals surface area contributed by atoms with Gasteiger partial charge in [0.1, 0.15) is 18.6 Å². The van der Waals surface area contributed by atoms with E-state index >= 15 is 0 Å². The molecule has 0 radical (unpaired) electrons. The van der Waals surface area contributed by atoms with Gasteiger partial charge < -0.3 is 9.73 Å². The molecule has 2 rings (SSSR count). The third-order valence-electron chi connectivity index (χ3n) is 2.10. The first-order valence-corrected chi connectivity index (χ1v) is 5.13. The van der Waals surface area contributed by atoms with E-state index in [2.05, 4.69) is 15.3 Å². The summed E-state index contributed by atoms with van der Waals surface area (Å²) in [6.45, 7) is 0.630. The maximum absolute atomic E-state index is 12.0. The van der Waals surface area contributed by atoms with Gasteiger partial charge in [0.2, 0.25) is 5.89 Å². The Bertz CT molecular complexity index is 536. The van der Waals surface area contributed by atoms with Crippen LogP contribution in [0.3, 0.4) is 0 Å². The van der Waals surface area contributed by atoms with Gasteiger partial charge >= 0.3 is 6.18 Å². The molecule has 2 aromatic rings. The van der Waals surface area contributed by atoms with Crippen molar-refractivity contribution in [2.45, 2.75) is 13.1 Å². The van der Waals surface area contributed by atoms with Crippen LogP contribution in [0.1, 0.15) is 5.69 Å². The molecular formula is C11H10F3N3O. The van der Waals surface area contributed by atoms with E-state index in [1.165, 1.54) is 18.5 Å². The second kappa shape index (κ2) is 4.67. The molecule has 0 aromatic carbocycles. The van der Waals surface area contributed by atoms with Crippen molar-refractivity contribution in [1.29, 1.82) is 0 Å². The minimum absolute atomic E-state index is 0.126. The molecule has 0 bridgehead atoms. The molecule has 0 saturated carbocycles. The topological polar surface area (TPSA) is 51.0 Å². The Labute approximate surface area is 101 Å². The van der Waals surface area contributed by atoms with E-state index in [-0.39, 0.29) is 5.82 Å². The highest BCUT2D eigenvalue weighted by Crippen LogP contribution is 2.21. The number of aryl methyl sites for hydroxylation is 1. The number of oxazole rings is 1. The molecule has 0 aliphatic carbocycles. The van der Waals surface area contributed by atoms with Crippen LogP contribution in [-0.4, -0.2) is 22.7 Å². The van der Waals surface area contributed by atoms with Crippen LogP contribution in [0.5, 0.6) is 0 Å². The van der Waals surface area contributed by atoms with Gasteiger partial charge in [-0.3, -0.25) is 0 Å². The van der Waals surface area contributed by atoms with Crippen molar-refractivity contribution in [3.05, 3.63) is 30.3 Å². The van der Waals surface area contributed by atoms with Crippen LogP contribution >= 0.6 is 0 Å². The summed E-state index contributed by atoms with van der Waals surface area (Å²) >= 11 is 0. The van der Waals surface area contributed by atoms with Gasteiger partial charge in [-0.1, -0.05) is 0 Å². The summed E-state index contributed by atoms with van der Waals surface area (Å²) in [5.74, 6) is 0.477. The Hall–Kier alpha value is -2.05. The van der Waals surface area contributed by atoms with Crippen molar-refractivity contribution in [2.24, 2.45) is 0 Å². The molecule has 0 aliphatic rings. The summed E-state index contributed by atoms with van der Waals surface area (Å²) in [7, 11) is 0. The number of nitrogens with zero attached hydrogens (tertiary/aromatic N) is 2. The van der Waals surface area contributed by atoms with E-state index in [0.717, 1.165) is 0 Å². The Kier molecular flexibility index (Phi) is 3.22. The molecule has 0 atom stereocenters. The second-order valence-electron chi connectivity index (χ2n) is 3.69. The SMILES string of the molecule is Cc1coc(-c2ccnc(NCC(F)(F)F)c2)n1. The van der Waals surface area contributed by atoms with Crippen LogP contribution in [0.2, 0.25) is 0 Å². The van der Waals surface area contributed by atoms with Gasteiger partial charge in [-0.15, -0.1) is 0 Å². The van der Waals surface area contributed by atoms with Crippen LogP contribution in [0.4, 0.5) is 19.0 Å². The van der Waals surface area contributed by atoms with Crippen molar-refractivity contribution < 1.29 is 17.6 Å². The quantitative estimate of drug-likeness (QED) is 0.918. The molecule has 0 amide bonds. The predicted molar refractivity (Wildman–Crippen MR) is 59.0 cm³/mol. The molecule has 2 aromatic heterocycles. The fourth-order valence-electron chi connectivity index (χ4n) is 1.34. The number of anilines is 1. The van der Waals surface area contributed by atoms with Crippen LogP contribution in [0.25, 0.3) is 11.5 Å². The Morgan fingerprint density at radius 1 is 1.39 bits per heavy atom. The zero-order valence-electron chi connectivity index (χ0n) is 9.45. The first kappa shape index (κ1) is 12.4. The van der Waals surface area contributed by atoms with Gasteiger partial charge in [-0.25, -0.2) is 9.97 Å². The summed E-state index contributed by atoms with van der Waals surface area (Å²) in [6.07, 6.45) is -1.41. The summed E-state index contributed by atoms with van der Waals surface area (Å²) in [5, 5.41) is 2.20. The maximum atomic E-state index is 12.0. The summed E-state index contributed by atoms with van der Waals surface area (Å²) < 4.78 is 41.3. The first-order chi connectivity index (χ1) is 8.44. The maximum Gasteiger partial charge on any atom is 0.405 e. The minimum atomic E-state index is -4.28. The van der Waals surface area contributed by atoms with Crippen LogP contribution in [0.15, 0.2) is 29.0 Å². The van der Waals surface area contributed by atoms with Crippen molar-refractivity contribution in [2.75, 3.05) is 11.9 Å².